The van der Waals surface area contributed by atoms with Gasteiger partial charge in [0, 0.05) is 30.5 Å². The maximum Gasteiger partial charge on any atom is 0.234 e. The lowest BCUT2D eigenvalue weighted by molar-refractivity contribution is -0.120. The predicted molar refractivity (Wildman–Crippen MR) is 79.2 cm³/mol. The van der Waals surface area contributed by atoms with Gasteiger partial charge in [0.2, 0.25) is 5.91 Å². The van der Waals surface area contributed by atoms with Gasteiger partial charge >= 0.3 is 0 Å². The summed E-state index contributed by atoms with van der Waals surface area (Å²) in [5.74, 6) is -0.0317. The summed E-state index contributed by atoms with van der Waals surface area (Å²) in [6.45, 7) is 1.44. The minimum Gasteiger partial charge on any atom is -0.351 e. The molecular weight excluding hydrogens is 274 g/mol. The first-order valence-corrected chi connectivity index (χ1v) is 6.72. The number of pyridine rings is 1. The van der Waals surface area contributed by atoms with Crippen molar-refractivity contribution in [2.45, 2.75) is 13.1 Å². The van der Waals surface area contributed by atoms with Crippen molar-refractivity contribution in [2.75, 3.05) is 6.54 Å². The van der Waals surface area contributed by atoms with Gasteiger partial charge in [-0.05, 0) is 35.4 Å². The molecule has 0 spiro atoms. The number of carbonyl (C=O) groups is 1. The Kier molecular flexibility index (Phi) is 5.53. The number of amides is 1. The second-order valence-corrected chi connectivity index (χ2v) is 4.80. The van der Waals surface area contributed by atoms with Crippen molar-refractivity contribution < 1.29 is 4.79 Å². The minimum atomic E-state index is -0.0317. The van der Waals surface area contributed by atoms with Gasteiger partial charge in [-0.25, -0.2) is 0 Å². The van der Waals surface area contributed by atoms with Crippen LogP contribution in [0.5, 0.6) is 0 Å². The molecule has 1 heterocycles. The average Bonchev–Trinajstić information content (AvgIpc) is 2.48. The van der Waals surface area contributed by atoms with Crippen LogP contribution in [-0.2, 0) is 17.9 Å². The van der Waals surface area contributed by atoms with Gasteiger partial charge in [-0.3, -0.25) is 9.78 Å². The molecule has 0 aliphatic rings. The number of nitrogens with one attached hydrogen (secondary N) is 2. The van der Waals surface area contributed by atoms with Crippen LogP contribution in [0, 0.1) is 0 Å². The summed E-state index contributed by atoms with van der Waals surface area (Å²) in [7, 11) is 0. The van der Waals surface area contributed by atoms with Crippen molar-refractivity contribution in [1.29, 1.82) is 0 Å². The van der Waals surface area contributed by atoms with E-state index in [4.69, 9.17) is 11.6 Å². The van der Waals surface area contributed by atoms with Crippen LogP contribution in [0.3, 0.4) is 0 Å². The van der Waals surface area contributed by atoms with Crippen molar-refractivity contribution in [3.05, 3.63) is 64.9 Å². The highest BCUT2D eigenvalue weighted by molar-refractivity contribution is 6.30. The van der Waals surface area contributed by atoms with Crippen molar-refractivity contribution in [3.8, 4) is 0 Å². The van der Waals surface area contributed by atoms with Gasteiger partial charge in [0.05, 0.1) is 6.54 Å². The van der Waals surface area contributed by atoms with Crippen LogP contribution < -0.4 is 10.6 Å². The second kappa shape index (κ2) is 7.62. The Morgan fingerprint density at radius 2 is 1.65 bits per heavy atom. The molecule has 0 aliphatic carbocycles. The summed E-state index contributed by atoms with van der Waals surface area (Å²) < 4.78 is 0. The largest absolute Gasteiger partial charge is 0.351 e. The fourth-order valence-corrected chi connectivity index (χ4v) is 1.81. The molecule has 1 amide bonds. The number of carbonyl (C=O) groups excluding carboxylic acids is 1. The zero-order valence-corrected chi connectivity index (χ0v) is 11.7. The number of benzene rings is 1. The molecule has 0 atom stereocenters. The monoisotopic (exact) mass is 289 g/mol. The maximum atomic E-state index is 11.7. The molecule has 0 unspecified atom stereocenters. The Hall–Kier alpha value is -1.91. The van der Waals surface area contributed by atoms with E-state index in [0.717, 1.165) is 11.1 Å². The molecule has 0 aliphatic heterocycles. The fraction of sp³-hybridized carbons (Fsp3) is 0.200. The molecule has 0 radical (unpaired) electrons. The summed E-state index contributed by atoms with van der Waals surface area (Å²) in [4.78, 5) is 15.6. The van der Waals surface area contributed by atoms with Crippen molar-refractivity contribution in [3.63, 3.8) is 0 Å². The molecule has 2 aromatic rings. The van der Waals surface area contributed by atoms with Gasteiger partial charge in [0.15, 0.2) is 0 Å². The Morgan fingerprint density at radius 3 is 2.35 bits per heavy atom. The highest BCUT2D eigenvalue weighted by Crippen LogP contribution is 2.08. The molecule has 2 N–H and O–H groups in total. The number of hydrogen-bond acceptors (Lipinski definition) is 3. The minimum absolute atomic E-state index is 0.0317. The van der Waals surface area contributed by atoms with E-state index >= 15 is 0 Å². The van der Waals surface area contributed by atoms with Crippen LogP contribution in [0.15, 0.2) is 48.8 Å². The predicted octanol–water partition coefficient (Wildman–Crippen LogP) is 2.14. The average molecular weight is 290 g/mol. The first kappa shape index (κ1) is 14.5. The quantitative estimate of drug-likeness (QED) is 0.857. The first-order chi connectivity index (χ1) is 9.74. The third kappa shape index (κ3) is 4.99. The van der Waals surface area contributed by atoms with Gasteiger partial charge in [-0.15, -0.1) is 0 Å². The molecule has 0 bridgehead atoms. The standard InChI is InChI=1S/C15H16ClN3O/c16-14-3-1-12(2-4-14)9-18-11-15(20)19-10-13-5-7-17-8-6-13/h1-8,18H,9-11H2,(H,19,20). The molecule has 1 aromatic carbocycles. The van der Waals surface area contributed by atoms with E-state index in [1.807, 2.05) is 36.4 Å². The third-order valence-corrected chi connectivity index (χ3v) is 3.02. The smallest absolute Gasteiger partial charge is 0.234 e. The fourth-order valence-electron chi connectivity index (χ4n) is 1.69. The van der Waals surface area contributed by atoms with Crippen molar-refractivity contribution >= 4 is 17.5 Å². The van der Waals surface area contributed by atoms with Gasteiger partial charge in [0.25, 0.3) is 0 Å². The summed E-state index contributed by atoms with van der Waals surface area (Å²) in [5, 5.41) is 6.65. The Balaban J connectivity index is 1.66. The summed E-state index contributed by atoms with van der Waals surface area (Å²) >= 11 is 5.81. The molecule has 2 rings (SSSR count). The van der Waals surface area contributed by atoms with E-state index in [2.05, 4.69) is 15.6 Å². The molecular formula is C15H16ClN3O. The third-order valence-electron chi connectivity index (χ3n) is 2.77. The highest BCUT2D eigenvalue weighted by atomic mass is 35.5. The molecule has 0 saturated carbocycles. The molecule has 104 valence electrons. The number of rotatable bonds is 6. The van der Waals surface area contributed by atoms with Crippen LogP contribution in [0.2, 0.25) is 5.02 Å². The number of hydrogen-bond donors (Lipinski definition) is 2. The van der Waals surface area contributed by atoms with E-state index in [1.165, 1.54) is 0 Å². The van der Waals surface area contributed by atoms with Crippen LogP contribution in [0.25, 0.3) is 0 Å². The van der Waals surface area contributed by atoms with E-state index in [0.29, 0.717) is 18.1 Å². The Morgan fingerprint density at radius 1 is 1.00 bits per heavy atom. The summed E-state index contributed by atoms with van der Waals surface area (Å²) in [5.41, 5.74) is 2.13. The number of halogens is 1. The van der Waals surface area contributed by atoms with E-state index in [-0.39, 0.29) is 12.5 Å². The van der Waals surface area contributed by atoms with Gasteiger partial charge in [-0.1, -0.05) is 23.7 Å². The Labute approximate surface area is 123 Å². The van der Waals surface area contributed by atoms with Crippen LogP contribution in [0.4, 0.5) is 0 Å². The Bertz CT molecular complexity index is 543. The van der Waals surface area contributed by atoms with E-state index in [1.54, 1.807) is 12.4 Å². The lowest BCUT2D eigenvalue weighted by Gasteiger charge is -2.07. The van der Waals surface area contributed by atoms with E-state index in [9.17, 15) is 4.79 Å². The van der Waals surface area contributed by atoms with Gasteiger partial charge in [-0.2, -0.15) is 0 Å². The van der Waals surface area contributed by atoms with Crippen LogP contribution in [0.1, 0.15) is 11.1 Å². The highest BCUT2D eigenvalue weighted by Gasteiger charge is 2.01. The lowest BCUT2D eigenvalue weighted by atomic mass is 10.2. The van der Waals surface area contributed by atoms with Crippen LogP contribution in [-0.4, -0.2) is 17.4 Å². The molecule has 20 heavy (non-hydrogen) atoms. The topological polar surface area (TPSA) is 54.0 Å². The zero-order chi connectivity index (χ0) is 14.2. The molecule has 0 saturated heterocycles. The molecule has 0 fully saturated rings. The molecule has 5 heteroatoms. The molecule has 4 nitrogen and oxygen atoms in total. The van der Waals surface area contributed by atoms with Crippen molar-refractivity contribution in [2.24, 2.45) is 0 Å². The summed E-state index contributed by atoms with van der Waals surface area (Å²) in [6, 6.07) is 11.3. The normalized spacial score (nSPS) is 10.2. The first-order valence-electron chi connectivity index (χ1n) is 6.35. The zero-order valence-electron chi connectivity index (χ0n) is 11.0. The molecule has 1 aromatic heterocycles. The van der Waals surface area contributed by atoms with Crippen molar-refractivity contribution in [1.82, 2.24) is 15.6 Å². The van der Waals surface area contributed by atoms with Gasteiger partial charge < -0.3 is 10.6 Å². The second-order valence-electron chi connectivity index (χ2n) is 4.36. The number of nitrogens with zero attached hydrogens (tertiary/aromatic N) is 1. The van der Waals surface area contributed by atoms with E-state index < -0.39 is 0 Å². The SMILES string of the molecule is O=C(CNCc1ccc(Cl)cc1)NCc1ccncc1. The lowest BCUT2D eigenvalue weighted by Crippen LogP contribution is -2.33. The van der Waals surface area contributed by atoms with Gasteiger partial charge in [0.1, 0.15) is 0 Å². The van der Waals surface area contributed by atoms with Crippen LogP contribution >= 0.6 is 11.6 Å². The maximum absolute atomic E-state index is 11.7. The number of aromatic nitrogens is 1. The summed E-state index contributed by atoms with van der Waals surface area (Å²) in [6.07, 6.45) is 3.42.